The summed E-state index contributed by atoms with van der Waals surface area (Å²) < 4.78 is 53.7. The molecule has 1 aliphatic rings. The molecule has 0 spiro atoms. The van der Waals surface area contributed by atoms with Crippen LogP contribution in [0.25, 0.3) is 0 Å². The SMILES string of the molecule is Cl.Fc1c([C@@H](c2cccs2)N2CCNCC2)cccc1C(F)(F)F. The largest absolute Gasteiger partial charge is 0.419 e. The molecular weight excluding hydrogens is 364 g/mol. The average Bonchev–Trinajstić information content (AvgIpc) is 3.03. The van der Waals surface area contributed by atoms with Crippen molar-refractivity contribution in [3.8, 4) is 0 Å². The third-order valence-electron chi connectivity index (χ3n) is 3.96. The van der Waals surface area contributed by atoms with Crippen LogP contribution in [-0.4, -0.2) is 31.1 Å². The Kier molecular flexibility index (Phi) is 6.25. The molecule has 0 amide bonds. The summed E-state index contributed by atoms with van der Waals surface area (Å²) in [5, 5.41) is 5.06. The molecule has 0 bridgehead atoms. The van der Waals surface area contributed by atoms with Gasteiger partial charge in [-0.1, -0.05) is 18.2 Å². The van der Waals surface area contributed by atoms with Gasteiger partial charge in [-0.05, 0) is 17.5 Å². The van der Waals surface area contributed by atoms with Crippen molar-refractivity contribution in [2.24, 2.45) is 0 Å². The van der Waals surface area contributed by atoms with Crippen LogP contribution in [0, 0.1) is 5.82 Å². The van der Waals surface area contributed by atoms with Crippen LogP contribution in [0.3, 0.4) is 0 Å². The minimum Gasteiger partial charge on any atom is -0.314 e. The summed E-state index contributed by atoms with van der Waals surface area (Å²) in [7, 11) is 0. The Morgan fingerprint density at radius 1 is 1.08 bits per heavy atom. The first kappa shape index (κ1) is 19.2. The smallest absolute Gasteiger partial charge is 0.314 e. The van der Waals surface area contributed by atoms with Gasteiger partial charge in [-0.3, -0.25) is 4.90 Å². The van der Waals surface area contributed by atoms with E-state index in [0.717, 1.165) is 24.0 Å². The quantitative estimate of drug-likeness (QED) is 0.798. The van der Waals surface area contributed by atoms with Gasteiger partial charge in [-0.25, -0.2) is 4.39 Å². The van der Waals surface area contributed by atoms with Crippen molar-refractivity contribution in [2.75, 3.05) is 26.2 Å². The van der Waals surface area contributed by atoms with E-state index in [9.17, 15) is 17.6 Å². The zero-order valence-corrected chi connectivity index (χ0v) is 14.3. The zero-order chi connectivity index (χ0) is 16.4. The fourth-order valence-corrected chi connectivity index (χ4v) is 3.77. The Balaban J connectivity index is 0.00000208. The maximum atomic E-state index is 14.6. The van der Waals surface area contributed by atoms with Crippen molar-refractivity contribution in [3.63, 3.8) is 0 Å². The molecule has 1 saturated heterocycles. The predicted octanol–water partition coefficient (Wildman–Crippen LogP) is 4.32. The van der Waals surface area contributed by atoms with Crippen molar-refractivity contribution >= 4 is 23.7 Å². The van der Waals surface area contributed by atoms with Gasteiger partial charge in [0.1, 0.15) is 5.82 Å². The van der Waals surface area contributed by atoms with Crippen LogP contribution in [0.4, 0.5) is 17.6 Å². The van der Waals surface area contributed by atoms with Crippen LogP contribution in [0.15, 0.2) is 35.7 Å². The van der Waals surface area contributed by atoms with Crippen molar-refractivity contribution in [3.05, 3.63) is 57.5 Å². The molecular formula is C16H17ClF4N2S. The number of piperazine rings is 1. The van der Waals surface area contributed by atoms with Crippen molar-refractivity contribution in [1.82, 2.24) is 10.2 Å². The molecule has 2 nitrogen and oxygen atoms in total. The van der Waals surface area contributed by atoms with Crippen molar-refractivity contribution in [2.45, 2.75) is 12.2 Å². The first-order valence-electron chi connectivity index (χ1n) is 7.32. The predicted molar refractivity (Wildman–Crippen MR) is 89.3 cm³/mol. The summed E-state index contributed by atoms with van der Waals surface area (Å²) in [6.07, 6.45) is -4.69. The molecule has 2 heterocycles. The lowest BCUT2D eigenvalue weighted by Crippen LogP contribution is -2.45. The maximum absolute atomic E-state index is 14.6. The number of benzene rings is 1. The molecule has 1 fully saturated rings. The number of halogens is 5. The average molecular weight is 381 g/mol. The summed E-state index contributed by atoms with van der Waals surface area (Å²) in [4.78, 5) is 2.88. The van der Waals surface area contributed by atoms with Crippen LogP contribution in [-0.2, 0) is 6.18 Å². The Bertz CT molecular complexity index is 655. The second kappa shape index (κ2) is 7.82. The van der Waals surface area contributed by atoms with Crippen LogP contribution < -0.4 is 5.32 Å². The highest BCUT2D eigenvalue weighted by molar-refractivity contribution is 7.10. The highest BCUT2D eigenvalue weighted by Crippen LogP contribution is 2.38. The Hall–Kier alpha value is -1.15. The van der Waals surface area contributed by atoms with Gasteiger partial charge in [0.2, 0.25) is 0 Å². The van der Waals surface area contributed by atoms with Crippen LogP contribution in [0.2, 0.25) is 0 Å². The summed E-state index contributed by atoms with van der Waals surface area (Å²) in [5.74, 6) is -1.17. The third-order valence-corrected chi connectivity index (χ3v) is 4.88. The van der Waals surface area contributed by atoms with Gasteiger partial charge in [-0.2, -0.15) is 13.2 Å². The molecule has 1 N–H and O–H groups in total. The number of nitrogens with zero attached hydrogens (tertiary/aromatic N) is 1. The Morgan fingerprint density at radius 3 is 2.38 bits per heavy atom. The molecule has 2 aromatic rings. The van der Waals surface area contributed by atoms with E-state index in [-0.39, 0.29) is 18.0 Å². The maximum Gasteiger partial charge on any atom is 0.419 e. The molecule has 1 aromatic carbocycles. The van der Waals surface area contributed by atoms with Gasteiger partial charge >= 0.3 is 6.18 Å². The second-order valence-electron chi connectivity index (χ2n) is 5.41. The lowest BCUT2D eigenvalue weighted by Gasteiger charge is -2.35. The minimum atomic E-state index is -4.69. The van der Waals surface area contributed by atoms with Crippen LogP contribution >= 0.6 is 23.7 Å². The number of alkyl halides is 3. The van der Waals surface area contributed by atoms with E-state index in [2.05, 4.69) is 5.32 Å². The Labute approximate surface area is 147 Å². The van der Waals surface area contributed by atoms with E-state index in [1.165, 1.54) is 23.5 Å². The normalized spacial score (nSPS) is 17.3. The molecule has 3 rings (SSSR count). The number of nitrogens with one attached hydrogen (secondary N) is 1. The second-order valence-corrected chi connectivity index (χ2v) is 6.39. The lowest BCUT2D eigenvalue weighted by atomic mass is 9.99. The molecule has 0 radical (unpaired) electrons. The summed E-state index contributed by atoms with van der Waals surface area (Å²) in [6.45, 7) is 2.81. The van der Waals surface area contributed by atoms with E-state index < -0.39 is 23.6 Å². The van der Waals surface area contributed by atoms with E-state index in [1.54, 1.807) is 0 Å². The third kappa shape index (κ3) is 3.91. The van der Waals surface area contributed by atoms with E-state index >= 15 is 0 Å². The topological polar surface area (TPSA) is 15.3 Å². The summed E-state index contributed by atoms with van der Waals surface area (Å²) in [6, 6.07) is 6.72. The van der Waals surface area contributed by atoms with Gasteiger partial charge < -0.3 is 5.32 Å². The molecule has 8 heteroatoms. The van der Waals surface area contributed by atoms with Gasteiger partial charge in [0.15, 0.2) is 0 Å². The number of hydrogen-bond donors (Lipinski definition) is 1. The van der Waals surface area contributed by atoms with Gasteiger partial charge in [0.25, 0.3) is 0 Å². The number of hydrogen-bond acceptors (Lipinski definition) is 3. The first-order valence-corrected chi connectivity index (χ1v) is 8.20. The minimum absolute atomic E-state index is 0. The van der Waals surface area contributed by atoms with E-state index in [4.69, 9.17) is 0 Å². The fourth-order valence-electron chi connectivity index (χ4n) is 2.90. The van der Waals surface area contributed by atoms with Crippen molar-refractivity contribution < 1.29 is 17.6 Å². The molecule has 0 aliphatic carbocycles. The molecule has 1 aromatic heterocycles. The zero-order valence-electron chi connectivity index (χ0n) is 12.6. The molecule has 1 aliphatic heterocycles. The Morgan fingerprint density at radius 2 is 1.79 bits per heavy atom. The summed E-state index contributed by atoms with van der Waals surface area (Å²) >= 11 is 1.43. The standard InChI is InChI=1S/C16H16F4N2S.ClH/c17-14-11(3-1-4-12(14)16(18,19)20)15(13-5-2-10-23-13)22-8-6-21-7-9-22;/h1-5,10,15,21H,6-9H2;1H/t15-;/m0./s1. The van der Waals surface area contributed by atoms with Crippen LogP contribution in [0.1, 0.15) is 22.0 Å². The van der Waals surface area contributed by atoms with Crippen LogP contribution in [0.5, 0.6) is 0 Å². The van der Waals surface area contributed by atoms with Gasteiger partial charge in [0.05, 0.1) is 11.6 Å². The van der Waals surface area contributed by atoms with E-state index in [0.29, 0.717) is 13.1 Å². The molecule has 132 valence electrons. The van der Waals surface area contributed by atoms with Gasteiger partial charge in [-0.15, -0.1) is 23.7 Å². The van der Waals surface area contributed by atoms with E-state index in [1.807, 2.05) is 22.4 Å². The first-order chi connectivity index (χ1) is 11.0. The monoisotopic (exact) mass is 380 g/mol. The number of thiophene rings is 1. The molecule has 1 atom stereocenters. The number of rotatable bonds is 3. The summed E-state index contributed by atoms with van der Waals surface area (Å²) in [5.41, 5.74) is -1.11. The fraction of sp³-hybridized carbons (Fsp3) is 0.375. The molecule has 0 saturated carbocycles. The molecule has 0 unspecified atom stereocenters. The highest BCUT2D eigenvalue weighted by atomic mass is 35.5. The van der Waals surface area contributed by atoms with Crippen molar-refractivity contribution in [1.29, 1.82) is 0 Å². The highest BCUT2D eigenvalue weighted by Gasteiger charge is 2.37. The van der Waals surface area contributed by atoms with Gasteiger partial charge in [0, 0.05) is 36.6 Å². The molecule has 24 heavy (non-hydrogen) atoms. The lowest BCUT2D eigenvalue weighted by molar-refractivity contribution is -0.140.